The highest BCUT2D eigenvalue weighted by Crippen LogP contribution is 2.49. The van der Waals surface area contributed by atoms with Crippen molar-refractivity contribution >= 4 is 11.7 Å². The minimum atomic E-state index is -4.78. The number of fused-ring (bicyclic) bond motifs is 1. The molecule has 2 aliphatic heterocycles. The summed E-state index contributed by atoms with van der Waals surface area (Å²) < 4.78 is 87.2. The van der Waals surface area contributed by atoms with Crippen LogP contribution in [0.5, 0.6) is 5.75 Å². The number of piperidine rings is 1. The first-order valence-corrected chi connectivity index (χ1v) is 12.9. The molecule has 2 aromatic carbocycles. The van der Waals surface area contributed by atoms with Gasteiger partial charge in [-0.1, -0.05) is 19.1 Å². The molecular formula is C28H29F6NO3. The van der Waals surface area contributed by atoms with E-state index in [1.165, 1.54) is 4.90 Å². The summed E-state index contributed by atoms with van der Waals surface area (Å²) in [5.41, 5.74) is -1.38. The van der Waals surface area contributed by atoms with Gasteiger partial charge in [-0.05, 0) is 72.9 Å². The van der Waals surface area contributed by atoms with Gasteiger partial charge in [-0.25, -0.2) is 0 Å². The Kier molecular flexibility index (Phi) is 6.59. The Labute approximate surface area is 216 Å². The maximum atomic E-state index is 13.6. The van der Waals surface area contributed by atoms with E-state index < -0.39 is 46.7 Å². The number of aliphatic carboxylic acids is 1. The van der Waals surface area contributed by atoms with E-state index in [1.807, 2.05) is 18.2 Å². The number of alkyl halides is 6. The van der Waals surface area contributed by atoms with Crippen molar-refractivity contribution in [2.24, 2.45) is 11.8 Å². The van der Waals surface area contributed by atoms with Crippen molar-refractivity contribution in [1.82, 2.24) is 0 Å². The molecular weight excluding hydrogens is 512 g/mol. The van der Waals surface area contributed by atoms with Gasteiger partial charge in [0.2, 0.25) is 0 Å². The fourth-order valence-corrected chi connectivity index (χ4v) is 6.02. The minimum absolute atomic E-state index is 0.122. The Bertz CT molecular complexity index is 1210. The van der Waals surface area contributed by atoms with Crippen LogP contribution in [-0.4, -0.2) is 29.8 Å². The number of aryl methyl sites for hydroxylation is 1. The van der Waals surface area contributed by atoms with Gasteiger partial charge in [0, 0.05) is 31.6 Å². The van der Waals surface area contributed by atoms with E-state index in [-0.39, 0.29) is 19.0 Å². The monoisotopic (exact) mass is 541 g/mol. The molecule has 0 aromatic heterocycles. The largest absolute Gasteiger partial charge is 0.487 e. The third-order valence-electron chi connectivity index (χ3n) is 8.36. The quantitative estimate of drug-likeness (QED) is 0.404. The Morgan fingerprint density at radius 2 is 1.68 bits per heavy atom. The van der Waals surface area contributed by atoms with Crippen molar-refractivity contribution in [1.29, 1.82) is 0 Å². The molecule has 1 unspecified atom stereocenters. The zero-order valence-electron chi connectivity index (χ0n) is 20.8. The number of nitrogens with zero attached hydrogens (tertiary/aromatic N) is 1. The Morgan fingerprint density at radius 3 is 2.26 bits per heavy atom. The standard InChI is InChI=1S/C28H29F6NO3/c1-16(25(36)37)24(18-3-4-18)19-5-2-17-8-9-26(38-23(17)14-19)10-12-35(13-11-26)22-15-20(27(29,30)31)6-7-21(22)28(32,33)34/h2,5-7,14-16,18,24H,3-4,8-13H2,1H3,(H,36,37)/t16-,24?/m0/s1. The predicted molar refractivity (Wildman–Crippen MR) is 128 cm³/mol. The van der Waals surface area contributed by atoms with Crippen LogP contribution in [0.2, 0.25) is 0 Å². The zero-order valence-corrected chi connectivity index (χ0v) is 20.8. The highest BCUT2D eigenvalue weighted by molar-refractivity contribution is 5.71. The van der Waals surface area contributed by atoms with Crippen molar-refractivity contribution in [3.63, 3.8) is 0 Å². The van der Waals surface area contributed by atoms with Gasteiger partial charge in [0.1, 0.15) is 11.4 Å². The lowest BCUT2D eigenvalue weighted by atomic mass is 9.80. The number of halogens is 6. The van der Waals surface area contributed by atoms with Gasteiger partial charge in [0.15, 0.2) is 0 Å². The third-order valence-corrected chi connectivity index (χ3v) is 8.36. The second-order valence-electron chi connectivity index (χ2n) is 10.9. The average Bonchev–Trinajstić information content (AvgIpc) is 3.68. The van der Waals surface area contributed by atoms with E-state index in [4.69, 9.17) is 4.74 Å². The molecule has 1 spiro atoms. The summed E-state index contributed by atoms with van der Waals surface area (Å²) in [5, 5.41) is 9.61. The molecule has 0 radical (unpaired) electrons. The van der Waals surface area contributed by atoms with E-state index in [2.05, 4.69) is 0 Å². The second-order valence-corrected chi connectivity index (χ2v) is 10.9. The lowest BCUT2D eigenvalue weighted by Gasteiger charge is -2.46. The number of anilines is 1. The third kappa shape index (κ3) is 5.18. The van der Waals surface area contributed by atoms with Crippen LogP contribution in [-0.2, 0) is 23.6 Å². The molecule has 206 valence electrons. The summed E-state index contributed by atoms with van der Waals surface area (Å²) in [7, 11) is 0. The number of benzene rings is 2. The second kappa shape index (κ2) is 9.38. The maximum absolute atomic E-state index is 13.6. The lowest BCUT2D eigenvalue weighted by molar-refractivity contribution is -0.142. The molecule has 1 aliphatic carbocycles. The number of carboxylic acid groups (broad SMARTS) is 1. The van der Waals surface area contributed by atoms with Crippen LogP contribution < -0.4 is 9.64 Å². The number of carbonyl (C=O) groups is 1. The van der Waals surface area contributed by atoms with Gasteiger partial charge in [-0.3, -0.25) is 4.79 Å². The molecule has 2 heterocycles. The number of ether oxygens (including phenoxy) is 1. The molecule has 0 bridgehead atoms. The Hall–Kier alpha value is -2.91. The van der Waals surface area contributed by atoms with Crippen LogP contribution in [0.25, 0.3) is 0 Å². The molecule has 1 N–H and O–H groups in total. The van der Waals surface area contributed by atoms with Gasteiger partial charge < -0.3 is 14.7 Å². The first-order chi connectivity index (χ1) is 17.8. The summed E-state index contributed by atoms with van der Waals surface area (Å²) in [6, 6.07) is 7.42. The molecule has 5 rings (SSSR count). The Balaban J connectivity index is 1.36. The summed E-state index contributed by atoms with van der Waals surface area (Å²) in [5.74, 6) is -0.535. The van der Waals surface area contributed by atoms with E-state index in [1.54, 1.807) is 6.92 Å². The van der Waals surface area contributed by atoms with Crippen LogP contribution in [0.3, 0.4) is 0 Å². The van der Waals surface area contributed by atoms with Crippen LogP contribution in [0.15, 0.2) is 36.4 Å². The fourth-order valence-electron chi connectivity index (χ4n) is 6.02. The number of carboxylic acids is 1. The summed E-state index contributed by atoms with van der Waals surface area (Å²) >= 11 is 0. The van der Waals surface area contributed by atoms with E-state index in [0.29, 0.717) is 55.5 Å². The molecule has 38 heavy (non-hydrogen) atoms. The summed E-state index contributed by atoms with van der Waals surface area (Å²) in [4.78, 5) is 13.1. The van der Waals surface area contributed by atoms with Gasteiger partial charge in [-0.15, -0.1) is 0 Å². The van der Waals surface area contributed by atoms with Crippen LogP contribution in [0.1, 0.15) is 67.2 Å². The van der Waals surface area contributed by atoms with Gasteiger partial charge in [-0.2, -0.15) is 26.3 Å². The highest BCUT2D eigenvalue weighted by atomic mass is 19.4. The number of hydrogen-bond donors (Lipinski definition) is 1. The molecule has 1 saturated heterocycles. The van der Waals surface area contributed by atoms with Crippen LogP contribution in [0.4, 0.5) is 32.0 Å². The smallest absolute Gasteiger partial charge is 0.418 e. The Morgan fingerprint density at radius 1 is 1.00 bits per heavy atom. The predicted octanol–water partition coefficient (Wildman–Crippen LogP) is 7.30. The van der Waals surface area contributed by atoms with E-state index in [9.17, 15) is 36.2 Å². The highest BCUT2D eigenvalue weighted by Gasteiger charge is 2.44. The van der Waals surface area contributed by atoms with Crippen LogP contribution >= 0.6 is 0 Å². The van der Waals surface area contributed by atoms with Gasteiger partial charge >= 0.3 is 18.3 Å². The maximum Gasteiger partial charge on any atom is 0.418 e. The number of hydrogen-bond acceptors (Lipinski definition) is 3. The molecule has 1 saturated carbocycles. The topological polar surface area (TPSA) is 49.8 Å². The van der Waals surface area contributed by atoms with Gasteiger partial charge in [0.25, 0.3) is 0 Å². The molecule has 2 atom stereocenters. The molecule has 2 fully saturated rings. The van der Waals surface area contributed by atoms with Crippen molar-refractivity contribution in [3.05, 3.63) is 58.7 Å². The first-order valence-electron chi connectivity index (χ1n) is 12.9. The molecule has 2 aromatic rings. The molecule has 4 nitrogen and oxygen atoms in total. The van der Waals surface area contributed by atoms with E-state index in [0.717, 1.165) is 24.0 Å². The summed E-state index contributed by atoms with van der Waals surface area (Å²) in [6.45, 7) is 1.96. The lowest BCUT2D eigenvalue weighted by Crippen LogP contribution is -2.50. The minimum Gasteiger partial charge on any atom is -0.487 e. The van der Waals surface area contributed by atoms with Crippen LogP contribution in [0, 0.1) is 11.8 Å². The van der Waals surface area contributed by atoms with Crippen molar-refractivity contribution in [3.8, 4) is 5.75 Å². The van der Waals surface area contributed by atoms with Crippen molar-refractivity contribution < 1.29 is 41.0 Å². The molecule has 3 aliphatic rings. The molecule has 0 amide bonds. The van der Waals surface area contributed by atoms with Crippen molar-refractivity contribution in [2.45, 2.75) is 69.3 Å². The van der Waals surface area contributed by atoms with E-state index >= 15 is 0 Å². The summed E-state index contributed by atoms with van der Waals surface area (Å²) in [6.07, 6.45) is -5.49. The zero-order chi connectivity index (χ0) is 27.5. The first kappa shape index (κ1) is 26.7. The fraction of sp³-hybridized carbons (Fsp3) is 0.536. The van der Waals surface area contributed by atoms with Crippen molar-refractivity contribution in [2.75, 3.05) is 18.0 Å². The molecule has 10 heteroatoms. The van der Waals surface area contributed by atoms with Gasteiger partial charge in [0.05, 0.1) is 17.0 Å². The SMILES string of the molecule is C[C@H](C(=O)O)C(c1ccc2c(c1)OC1(CC2)CCN(c2cc(C(F)(F)F)ccc2C(F)(F)F)CC1)C1CC1. The number of rotatable bonds is 5. The average molecular weight is 542 g/mol. The normalized spacial score (nSPS) is 21.0.